The molecule has 0 aromatic carbocycles. The highest BCUT2D eigenvalue weighted by Crippen LogP contribution is 2.15. The second kappa shape index (κ2) is 4.26. The second-order valence-electron chi connectivity index (χ2n) is 3.72. The SMILES string of the molecule is CC(C)Oc1cccc(C(C)C)n1. The maximum atomic E-state index is 5.49. The first-order chi connectivity index (χ1) is 6.09. The molecular formula is C11H17NO. The third kappa shape index (κ3) is 3.05. The smallest absolute Gasteiger partial charge is 0.213 e. The molecule has 1 aromatic rings. The zero-order chi connectivity index (χ0) is 9.84. The first-order valence-corrected chi connectivity index (χ1v) is 4.73. The van der Waals surface area contributed by atoms with Crippen molar-refractivity contribution in [1.82, 2.24) is 4.98 Å². The average molecular weight is 179 g/mol. The minimum Gasteiger partial charge on any atom is -0.475 e. The van der Waals surface area contributed by atoms with Crippen molar-refractivity contribution in [2.24, 2.45) is 0 Å². The normalized spacial score (nSPS) is 10.9. The summed E-state index contributed by atoms with van der Waals surface area (Å²) < 4.78 is 5.49. The molecule has 1 rings (SSSR count). The van der Waals surface area contributed by atoms with Crippen LogP contribution in [0.4, 0.5) is 0 Å². The fourth-order valence-electron chi connectivity index (χ4n) is 1.06. The number of aromatic nitrogens is 1. The quantitative estimate of drug-likeness (QED) is 0.711. The van der Waals surface area contributed by atoms with Crippen LogP contribution in [0.3, 0.4) is 0 Å². The Labute approximate surface area is 80.0 Å². The standard InChI is InChI=1S/C11H17NO/c1-8(2)10-6-5-7-11(12-10)13-9(3)4/h5-9H,1-4H3. The van der Waals surface area contributed by atoms with Crippen LogP contribution in [-0.2, 0) is 0 Å². The zero-order valence-electron chi connectivity index (χ0n) is 8.74. The Morgan fingerprint density at radius 3 is 2.38 bits per heavy atom. The summed E-state index contributed by atoms with van der Waals surface area (Å²) in [5.41, 5.74) is 1.08. The molecule has 0 bridgehead atoms. The van der Waals surface area contributed by atoms with Crippen LogP contribution in [0, 0.1) is 0 Å². The zero-order valence-corrected chi connectivity index (χ0v) is 8.74. The van der Waals surface area contributed by atoms with Crippen molar-refractivity contribution in [1.29, 1.82) is 0 Å². The van der Waals surface area contributed by atoms with Gasteiger partial charge in [0.05, 0.1) is 6.10 Å². The van der Waals surface area contributed by atoms with Crippen molar-refractivity contribution in [3.63, 3.8) is 0 Å². The maximum absolute atomic E-state index is 5.49. The van der Waals surface area contributed by atoms with Crippen LogP contribution in [-0.4, -0.2) is 11.1 Å². The van der Waals surface area contributed by atoms with Crippen molar-refractivity contribution in [2.75, 3.05) is 0 Å². The number of ether oxygens (including phenoxy) is 1. The van der Waals surface area contributed by atoms with Gasteiger partial charge in [-0.1, -0.05) is 19.9 Å². The fourth-order valence-corrected chi connectivity index (χ4v) is 1.06. The Kier molecular flexibility index (Phi) is 3.29. The summed E-state index contributed by atoms with van der Waals surface area (Å²) in [6.07, 6.45) is 0.190. The lowest BCUT2D eigenvalue weighted by Gasteiger charge is -2.10. The summed E-state index contributed by atoms with van der Waals surface area (Å²) in [7, 11) is 0. The highest BCUT2D eigenvalue weighted by atomic mass is 16.5. The van der Waals surface area contributed by atoms with Gasteiger partial charge in [-0.05, 0) is 25.8 Å². The molecule has 0 aliphatic carbocycles. The number of rotatable bonds is 3. The van der Waals surface area contributed by atoms with E-state index in [2.05, 4.69) is 18.8 Å². The summed E-state index contributed by atoms with van der Waals surface area (Å²) >= 11 is 0. The minimum atomic E-state index is 0.190. The Hall–Kier alpha value is -1.05. The van der Waals surface area contributed by atoms with E-state index in [9.17, 15) is 0 Å². The Morgan fingerprint density at radius 2 is 1.85 bits per heavy atom. The van der Waals surface area contributed by atoms with Crippen LogP contribution in [0.5, 0.6) is 5.88 Å². The van der Waals surface area contributed by atoms with Gasteiger partial charge in [-0.25, -0.2) is 4.98 Å². The van der Waals surface area contributed by atoms with Gasteiger partial charge >= 0.3 is 0 Å². The molecule has 0 unspecified atom stereocenters. The highest BCUT2D eigenvalue weighted by molar-refractivity contribution is 5.17. The molecule has 0 amide bonds. The maximum Gasteiger partial charge on any atom is 0.213 e. The summed E-state index contributed by atoms with van der Waals surface area (Å²) in [6, 6.07) is 5.91. The monoisotopic (exact) mass is 179 g/mol. The van der Waals surface area contributed by atoms with E-state index in [0.717, 1.165) is 11.6 Å². The molecule has 2 nitrogen and oxygen atoms in total. The van der Waals surface area contributed by atoms with Gasteiger partial charge in [-0.3, -0.25) is 0 Å². The lowest BCUT2D eigenvalue weighted by atomic mass is 10.1. The van der Waals surface area contributed by atoms with Crippen molar-refractivity contribution < 1.29 is 4.74 Å². The molecule has 72 valence electrons. The molecule has 0 saturated heterocycles. The van der Waals surface area contributed by atoms with Crippen LogP contribution in [0.25, 0.3) is 0 Å². The van der Waals surface area contributed by atoms with Crippen LogP contribution < -0.4 is 4.74 Å². The van der Waals surface area contributed by atoms with Gasteiger partial charge in [0.1, 0.15) is 0 Å². The molecular weight excluding hydrogens is 162 g/mol. The van der Waals surface area contributed by atoms with E-state index in [-0.39, 0.29) is 6.10 Å². The molecule has 0 saturated carbocycles. The van der Waals surface area contributed by atoms with E-state index in [1.54, 1.807) is 0 Å². The predicted octanol–water partition coefficient (Wildman–Crippen LogP) is 2.99. The van der Waals surface area contributed by atoms with Crippen molar-refractivity contribution in [3.8, 4) is 5.88 Å². The van der Waals surface area contributed by atoms with Gasteiger partial charge in [-0.15, -0.1) is 0 Å². The lowest BCUT2D eigenvalue weighted by molar-refractivity contribution is 0.232. The first kappa shape index (κ1) is 10.0. The summed E-state index contributed by atoms with van der Waals surface area (Å²) in [4.78, 5) is 4.39. The van der Waals surface area contributed by atoms with Gasteiger partial charge in [0.2, 0.25) is 5.88 Å². The molecule has 2 heteroatoms. The van der Waals surface area contributed by atoms with E-state index in [0.29, 0.717) is 5.92 Å². The largest absolute Gasteiger partial charge is 0.475 e. The van der Waals surface area contributed by atoms with E-state index in [1.165, 1.54) is 0 Å². The lowest BCUT2D eigenvalue weighted by Crippen LogP contribution is -2.07. The number of pyridine rings is 1. The molecule has 0 aliphatic heterocycles. The average Bonchev–Trinajstić information content (AvgIpc) is 2.03. The van der Waals surface area contributed by atoms with Gasteiger partial charge < -0.3 is 4.74 Å². The predicted molar refractivity (Wildman–Crippen MR) is 54.1 cm³/mol. The number of hydrogen-bond donors (Lipinski definition) is 0. The Morgan fingerprint density at radius 1 is 1.15 bits per heavy atom. The van der Waals surface area contributed by atoms with E-state index < -0.39 is 0 Å². The Balaban J connectivity index is 2.79. The van der Waals surface area contributed by atoms with Gasteiger partial charge in [0.15, 0.2) is 0 Å². The first-order valence-electron chi connectivity index (χ1n) is 4.73. The van der Waals surface area contributed by atoms with E-state index in [1.807, 2.05) is 32.0 Å². The van der Waals surface area contributed by atoms with Crippen LogP contribution in [0.15, 0.2) is 18.2 Å². The molecule has 1 aromatic heterocycles. The number of nitrogens with zero attached hydrogens (tertiary/aromatic N) is 1. The molecule has 0 fully saturated rings. The van der Waals surface area contributed by atoms with E-state index >= 15 is 0 Å². The van der Waals surface area contributed by atoms with Gasteiger partial charge in [0, 0.05) is 11.8 Å². The summed E-state index contributed by atoms with van der Waals surface area (Å²) in [5, 5.41) is 0. The fraction of sp³-hybridized carbons (Fsp3) is 0.545. The molecule has 0 atom stereocenters. The third-order valence-electron chi connectivity index (χ3n) is 1.69. The topological polar surface area (TPSA) is 22.1 Å². The second-order valence-corrected chi connectivity index (χ2v) is 3.72. The van der Waals surface area contributed by atoms with Gasteiger partial charge in [0.25, 0.3) is 0 Å². The molecule has 0 aliphatic rings. The number of hydrogen-bond acceptors (Lipinski definition) is 2. The highest BCUT2D eigenvalue weighted by Gasteiger charge is 2.03. The van der Waals surface area contributed by atoms with E-state index in [4.69, 9.17) is 4.74 Å². The third-order valence-corrected chi connectivity index (χ3v) is 1.69. The van der Waals surface area contributed by atoms with Crippen LogP contribution in [0.2, 0.25) is 0 Å². The molecule has 1 heterocycles. The van der Waals surface area contributed by atoms with Crippen molar-refractivity contribution in [3.05, 3.63) is 23.9 Å². The van der Waals surface area contributed by atoms with Crippen LogP contribution in [0.1, 0.15) is 39.3 Å². The minimum absolute atomic E-state index is 0.190. The molecule has 0 radical (unpaired) electrons. The van der Waals surface area contributed by atoms with Crippen LogP contribution >= 0.6 is 0 Å². The molecule has 0 N–H and O–H groups in total. The molecule has 0 spiro atoms. The van der Waals surface area contributed by atoms with Crippen molar-refractivity contribution in [2.45, 2.75) is 39.7 Å². The Bertz CT molecular complexity index is 269. The summed E-state index contributed by atoms with van der Waals surface area (Å²) in [5.74, 6) is 1.18. The van der Waals surface area contributed by atoms with Gasteiger partial charge in [-0.2, -0.15) is 0 Å². The molecule has 13 heavy (non-hydrogen) atoms. The van der Waals surface area contributed by atoms with Crippen molar-refractivity contribution >= 4 is 0 Å². The summed E-state index contributed by atoms with van der Waals surface area (Å²) in [6.45, 7) is 8.26.